The molecule has 2 saturated heterocycles. The van der Waals surface area contributed by atoms with Crippen molar-refractivity contribution >= 4 is 22.4 Å². The summed E-state index contributed by atoms with van der Waals surface area (Å²) in [4.78, 5) is 21.3. The summed E-state index contributed by atoms with van der Waals surface area (Å²) in [5.74, 6) is 0.364. The average molecular weight is 324 g/mol. The number of thiazole rings is 1. The molecular weight excluding hydrogens is 300 g/mol. The van der Waals surface area contributed by atoms with Crippen LogP contribution in [0.1, 0.15) is 18.5 Å². The molecule has 1 aromatic rings. The molecule has 0 bridgehead atoms. The first-order valence-corrected chi connectivity index (χ1v) is 8.82. The topological polar surface area (TPSA) is 71.7 Å². The zero-order chi connectivity index (χ0) is 15.5. The summed E-state index contributed by atoms with van der Waals surface area (Å²) in [6.07, 6.45) is 1.79. The van der Waals surface area contributed by atoms with E-state index in [9.17, 15) is 4.79 Å². The number of ether oxygens (including phenoxy) is 1. The summed E-state index contributed by atoms with van der Waals surface area (Å²) in [7, 11) is 0. The highest BCUT2D eigenvalue weighted by Crippen LogP contribution is 2.23. The minimum absolute atomic E-state index is 0.0990. The van der Waals surface area contributed by atoms with Crippen LogP contribution < -0.4 is 10.6 Å². The molecule has 2 fully saturated rings. The van der Waals surface area contributed by atoms with Crippen LogP contribution in [0, 0.1) is 12.8 Å². The number of carbonyl (C=O) groups excluding carboxylic acids is 1. The van der Waals surface area contributed by atoms with Gasteiger partial charge in [-0.05, 0) is 25.7 Å². The molecule has 6 nitrogen and oxygen atoms in total. The van der Waals surface area contributed by atoms with Gasteiger partial charge < -0.3 is 20.3 Å². The van der Waals surface area contributed by atoms with Crippen molar-refractivity contribution < 1.29 is 9.53 Å². The number of nitrogens with zero attached hydrogens (tertiary/aromatic N) is 3. The first-order valence-electron chi connectivity index (χ1n) is 7.94. The summed E-state index contributed by atoms with van der Waals surface area (Å²) in [6.45, 7) is 6.58. The van der Waals surface area contributed by atoms with Crippen LogP contribution in [0.3, 0.4) is 0 Å². The van der Waals surface area contributed by atoms with Crippen molar-refractivity contribution in [2.24, 2.45) is 11.7 Å². The lowest BCUT2D eigenvalue weighted by Gasteiger charge is -2.37. The first kappa shape index (κ1) is 15.7. The number of nitrogens with two attached hydrogens (primary N) is 1. The van der Waals surface area contributed by atoms with Crippen LogP contribution >= 0.6 is 11.3 Å². The van der Waals surface area contributed by atoms with Gasteiger partial charge >= 0.3 is 0 Å². The van der Waals surface area contributed by atoms with E-state index in [1.165, 1.54) is 0 Å². The molecule has 2 aliphatic heterocycles. The van der Waals surface area contributed by atoms with Crippen molar-refractivity contribution in [3.05, 3.63) is 11.1 Å². The first-order chi connectivity index (χ1) is 10.6. The lowest BCUT2D eigenvalue weighted by Crippen LogP contribution is -2.55. The molecule has 1 aromatic heterocycles. The van der Waals surface area contributed by atoms with Crippen molar-refractivity contribution in [1.82, 2.24) is 9.88 Å². The maximum Gasteiger partial charge on any atom is 0.239 e. The Balaban J connectivity index is 1.53. The number of rotatable bonds is 3. The van der Waals surface area contributed by atoms with E-state index in [1.54, 1.807) is 11.3 Å². The highest BCUT2D eigenvalue weighted by molar-refractivity contribution is 7.13. The second kappa shape index (κ2) is 6.93. The Hall–Kier alpha value is -1.18. The Morgan fingerprint density at radius 3 is 2.64 bits per heavy atom. The molecule has 22 heavy (non-hydrogen) atoms. The van der Waals surface area contributed by atoms with Crippen LogP contribution in [0.25, 0.3) is 0 Å². The monoisotopic (exact) mass is 324 g/mol. The summed E-state index contributed by atoms with van der Waals surface area (Å²) >= 11 is 1.67. The highest BCUT2D eigenvalue weighted by Gasteiger charge is 2.31. The lowest BCUT2D eigenvalue weighted by atomic mass is 9.91. The van der Waals surface area contributed by atoms with E-state index in [1.807, 2.05) is 11.8 Å². The van der Waals surface area contributed by atoms with Crippen LogP contribution in [0.15, 0.2) is 5.38 Å². The van der Waals surface area contributed by atoms with Crippen molar-refractivity contribution in [2.45, 2.75) is 25.8 Å². The maximum absolute atomic E-state index is 12.6. The number of hydrogen-bond donors (Lipinski definition) is 1. The molecule has 1 amide bonds. The van der Waals surface area contributed by atoms with E-state index in [4.69, 9.17) is 10.5 Å². The second-order valence-corrected chi connectivity index (χ2v) is 6.90. The Kier molecular flexibility index (Phi) is 4.95. The van der Waals surface area contributed by atoms with Crippen LogP contribution in [0.2, 0.25) is 0 Å². The molecule has 0 aromatic carbocycles. The third-order valence-corrected chi connectivity index (χ3v) is 5.55. The fourth-order valence-electron chi connectivity index (χ4n) is 3.09. The number of anilines is 1. The quantitative estimate of drug-likeness (QED) is 0.893. The molecule has 3 heterocycles. The summed E-state index contributed by atoms with van der Waals surface area (Å²) in [5, 5.41) is 3.12. The molecule has 0 saturated carbocycles. The van der Waals surface area contributed by atoms with E-state index in [0.29, 0.717) is 0 Å². The molecule has 1 atom stereocenters. The van der Waals surface area contributed by atoms with Gasteiger partial charge in [0.15, 0.2) is 5.13 Å². The van der Waals surface area contributed by atoms with Gasteiger partial charge in [0.2, 0.25) is 5.91 Å². The van der Waals surface area contributed by atoms with Gasteiger partial charge in [-0.25, -0.2) is 4.98 Å². The van der Waals surface area contributed by atoms with E-state index >= 15 is 0 Å². The largest absolute Gasteiger partial charge is 0.381 e. The Bertz CT molecular complexity index is 507. The molecule has 2 aliphatic rings. The summed E-state index contributed by atoms with van der Waals surface area (Å²) in [6, 6.07) is -0.377. The van der Waals surface area contributed by atoms with Crippen LogP contribution in [-0.2, 0) is 9.53 Å². The van der Waals surface area contributed by atoms with Crippen molar-refractivity contribution in [1.29, 1.82) is 0 Å². The molecule has 2 N–H and O–H groups in total. The Labute approximate surface area is 135 Å². The number of aryl methyl sites for hydroxylation is 1. The predicted molar refractivity (Wildman–Crippen MR) is 87.2 cm³/mol. The van der Waals surface area contributed by atoms with Crippen LogP contribution in [0.5, 0.6) is 0 Å². The van der Waals surface area contributed by atoms with Crippen molar-refractivity contribution in [3.8, 4) is 0 Å². The van der Waals surface area contributed by atoms with Crippen molar-refractivity contribution in [2.75, 3.05) is 44.3 Å². The normalized spacial score (nSPS) is 21.9. The SMILES string of the molecule is Cc1csc(N2CCN(C(=O)C(N)C3CCOCC3)CC2)n1. The van der Waals surface area contributed by atoms with Gasteiger partial charge in [0.25, 0.3) is 0 Å². The van der Waals surface area contributed by atoms with E-state index in [-0.39, 0.29) is 17.9 Å². The average Bonchev–Trinajstić information content (AvgIpc) is 3.01. The fraction of sp³-hybridized carbons (Fsp3) is 0.733. The smallest absolute Gasteiger partial charge is 0.239 e. The molecule has 7 heteroatoms. The molecule has 0 radical (unpaired) electrons. The lowest BCUT2D eigenvalue weighted by molar-refractivity contribution is -0.135. The van der Waals surface area contributed by atoms with Gasteiger partial charge in [-0.3, -0.25) is 4.79 Å². The molecular formula is C15H24N4O2S. The molecule has 3 rings (SSSR count). The van der Waals surface area contributed by atoms with E-state index in [0.717, 1.165) is 63.1 Å². The van der Waals surface area contributed by atoms with Gasteiger partial charge in [0.1, 0.15) is 0 Å². The Morgan fingerprint density at radius 2 is 2.05 bits per heavy atom. The van der Waals surface area contributed by atoms with Crippen LogP contribution in [-0.4, -0.2) is 61.2 Å². The number of amides is 1. The second-order valence-electron chi connectivity index (χ2n) is 6.06. The summed E-state index contributed by atoms with van der Waals surface area (Å²) < 4.78 is 5.35. The van der Waals surface area contributed by atoms with Gasteiger partial charge in [-0.2, -0.15) is 0 Å². The third kappa shape index (κ3) is 3.42. The molecule has 0 aliphatic carbocycles. The zero-order valence-electron chi connectivity index (χ0n) is 13.0. The molecule has 0 spiro atoms. The van der Waals surface area contributed by atoms with Gasteiger partial charge in [-0.15, -0.1) is 11.3 Å². The van der Waals surface area contributed by atoms with Gasteiger partial charge in [-0.1, -0.05) is 0 Å². The minimum Gasteiger partial charge on any atom is -0.381 e. The zero-order valence-corrected chi connectivity index (χ0v) is 13.8. The fourth-order valence-corrected chi connectivity index (χ4v) is 3.95. The number of carbonyl (C=O) groups is 1. The third-order valence-electron chi connectivity index (χ3n) is 4.53. The molecule has 122 valence electrons. The predicted octanol–water partition coefficient (Wildman–Crippen LogP) is 0.854. The van der Waals surface area contributed by atoms with Crippen LogP contribution in [0.4, 0.5) is 5.13 Å². The molecule has 1 unspecified atom stereocenters. The van der Waals surface area contributed by atoms with E-state index < -0.39 is 0 Å². The standard InChI is InChI=1S/C15H24N4O2S/c1-11-10-22-15(17-11)19-6-4-18(5-7-19)14(20)13(16)12-2-8-21-9-3-12/h10,12-13H,2-9,16H2,1H3. The van der Waals surface area contributed by atoms with Gasteiger partial charge in [0, 0.05) is 44.8 Å². The van der Waals surface area contributed by atoms with Gasteiger partial charge in [0.05, 0.1) is 11.7 Å². The Morgan fingerprint density at radius 1 is 1.36 bits per heavy atom. The number of piperazine rings is 1. The summed E-state index contributed by atoms with van der Waals surface area (Å²) in [5.41, 5.74) is 7.26. The van der Waals surface area contributed by atoms with E-state index in [2.05, 4.69) is 15.3 Å². The minimum atomic E-state index is -0.377. The maximum atomic E-state index is 12.6. The number of hydrogen-bond acceptors (Lipinski definition) is 6. The van der Waals surface area contributed by atoms with Crippen molar-refractivity contribution in [3.63, 3.8) is 0 Å². The highest BCUT2D eigenvalue weighted by atomic mass is 32.1. The number of aromatic nitrogens is 1.